The molecule has 2 N–H and O–H groups in total. The average molecular weight is 403 g/mol. The summed E-state index contributed by atoms with van der Waals surface area (Å²) >= 11 is 1.60. The van der Waals surface area contributed by atoms with Crippen LogP contribution in [0.1, 0.15) is 23.2 Å². The summed E-state index contributed by atoms with van der Waals surface area (Å²) in [7, 11) is 0. The van der Waals surface area contributed by atoms with Crippen molar-refractivity contribution in [3.63, 3.8) is 0 Å². The van der Waals surface area contributed by atoms with Crippen LogP contribution in [-0.2, 0) is 4.74 Å². The van der Waals surface area contributed by atoms with E-state index in [1.165, 1.54) is 0 Å². The average Bonchev–Trinajstić information content (AvgIpc) is 3.46. The molecule has 2 saturated heterocycles. The normalized spacial score (nSPS) is 31.1. The second kappa shape index (κ2) is 7.59. The summed E-state index contributed by atoms with van der Waals surface area (Å²) in [4.78, 5) is 18.6. The summed E-state index contributed by atoms with van der Waals surface area (Å²) in [6.07, 6.45) is 3.06. The van der Waals surface area contributed by atoms with Gasteiger partial charge in [-0.15, -0.1) is 11.3 Å². The van der Waals surface area contributed by atoms with E-state index in [0.29, 0.717) is 17.4 Å². The highest BCUT2D eigenvalue weighted by Crippen LogP contribution is 2.39. The fourth-order valence-electron chi connectivity index (χ4n) is 5.10. The molecule has 4 heterocycles. The lowest BCUT2D eigenvalue weighted by molar-refractivity contribution is -0.0520. The van der Waals surface area contributed by atoms with Crippen LogP contribution in [0.15, 0.2) is 23.7 Å². The van der Waals surface area contributed by atoms with Gasteiger partial charge in [-0.1, -0.05) is 6.07 Å². The van der Waals surface area contributed by atoms with Gasteiger partial charge in [-0.25, -0.2) is 0 Å². The highest BCUT2D eigenvalue weighted by molar-refractivity contribution is 7.13. The van der Waals surface area contributed by atoms with Crippen LogP contribution in [0.25, 0.3) is 10.6 Å². The standard InChI is InChI=1S/C20H26N4O3S/c25-17-9-14-12-24(11-13(14)8-16(17)23-3-5-27-6-4-23)20(26)15-10-21-22-19(15)18-2-1-7-28-18/h1-2,7,10,13-14,16-17,25H,3-6,8-9,11-12H2,(H,21,22)/t13-,14+,16-,17-/m1/s1. The van der Waals surface area contributed by atoms with Crippen LogP contribution in [-0.4, -0.2) is 82.5 Å². The van der Waals surface area contributed by atoms with Crippen molar-refractivity contribution >= 4 is 17.2 Å². The molecule has 2 aromatic heterocycles. The number of H-pyrrole nitrogens is 1. The number of aromatic nitrogens is 2. The molecule has 0 spiro atoms. The van der Waals surface area contributed by atoms with Crippen molar-refractivity contribution in [3.05, 3.63) is 29.3 Å². The predicted octanol–water partition coefficient (Wildman–Crippen LogP) is 1.68. The maximum atomic E-state index is 13.2. The molecule has 1 amide bonds. The summed E-state index contributed by atoms with van der Waals surface area (Å²) < 4.78 is 5.46. The Morgan fingerprint density at radius 2 is 2.04 bits per heavy atom. The largest absolute Gasteiger partial charge is 0.391 e. The number of amides is 1. The van der Waals surface area contributed by atoms with Crippen molar-refractivity contribution in [3.8, 4) is 10.6 Å². The van der Waals surface area contributed by atoms with Crippen molar-refractivity contribution < 1.29 is 14.6 Å². The number of rotatable bonds is 3. The summed E-state index contributed by atoms with van der Waals surface area (Å²) in [5, 5.41) is 19.9. The Morgan fingerprint density at radius 3 is 2.79 bits per heavy atom. The van der Waals surface area contributed by atoms with Gasteiger partial charge in [0.1, 0.15) is 0 Å². The molecule has 3 aliphatic rings. The fraction of sp³-hybridized carbons (Fsp3) is 0.600. The van der Waals surface area contributed by atoms with Crippen LogP contribution in [0.5, 0.6) is 0 Å². The monoisotopic (exact) mass is 402 g/mol. The molecule has 0 unspecified atom stereocenters. The first-order valence-electron chi connectivity index (χ1n) is 10.1. The SMILES string of the molecule is O=C(c1cn[nH]c1-c1cccs1)N1C[C@H]2C[C@@H](N3CCOCC3)[C@H](O)C[C@H]2C1. The Labute approximate surface area is 168 Å². The van der Waals surface area contributed by atoms with Gasteiger partial charge in [-0.3, -0.25) is 14.8 Å². The lowest BCUT2D eigenvalue weighted by Crippen LogP contribution is -2.53. The van der Waals surface area contributed by atoms with Gasteiger partial charge >= 0.3 is 0 Å². The Hall–Kier alpha value is -1.74. The van der Waals surface area contributed by atoms with E-state index in [0.717, 1.165) is 62.8 Å². The zero-order valence-electron chi connectivity index (χ0n) is 15.8. The quantitative estimate of drug-likeness (QED) is 0.816. The molecule has 4 atom stereocenters. The number of hydrogen-bond acceptors (Lipinski definition) is 6. The van der Waals surface area contributed by atoms with E-state index in [4.69, 9.17) is 4.74 Å². The van der Waals surface area contributed by atoms with Crippen molar-refractivity contribution in [2.24, 2.45) is 11.8 Å². The molecule has 28 heavy (non-hydrogen) atoms. The van der Waals surface area contributed by atoms with Crippen LogP contribution in [0, 0.1) is 11.8 Å². The van der Waals surface area contributed by atoms with Crippen molar-refractivity contribution in [2.75, 3.05) is 39.4 Å². The molecule has 2 aromatic rings. The van der Waals surface area contributed by atoms with Gasteiger partial charge in [-0.05, 0) is 36.1 Å². The number of nitrogens with zero attached hydrogens (tertiary/aromatic N) is 3. The van der Waals surface area contributed by atoms with Gasteiger partial charge < -0.3 is 14.7 Å². The Morgan fingerprint density at radius 1 is 1.25 bits per heavy atom. The summed E-state index contributed by atoms with van der Waals surface area (Å²) in [6.45, 7) is 4.77. The summed E-state index contributed by atoms with van der Waals surface area (Å²) in [6, 6.07) is 4.17. The number of aliphatic hydroxyl groups excluding tert-OH is 1. The van der Waals surface area contributed by atoms with E-state index in [1.807, 2.05) is 22.4 Å². The molecule has 0 radical (unpaired) electrons. The molecule has 0 aromatic carbocycles. The van der Waals surface area contributed by atoms with Gasteiger partial charge in [0.2, 0.25) is 0 Å². The van der Waals surface area contributed by atoms with Gasteiger partial charge in [-0.2, -0.15) is 5.10 Å². The van der Waals surface area contributed by atoms with Crippen LogP contribution in [0.3, 0.4) is 0 Å². The van der Waals surface area contributed by atoms with Gasteiger partial charge in [0.15, 0.2) is 0 Å². The molecule has 7 nitrogen and oxygen atoms in total. The first kappa shape index (κ1) is 18.3. The Kier molecular flexibility index (Phi) is 4.96. The van der Waals surface area contributed by atoms with Gasteiger partial charge in [0, 0.05) is 32.2 Å². The molecule has 0 bridgehead atoms. The van der Waals surface area contributed by atoms with Crippen molar-refractivity contribution in [1.82, 2.24) is 20.0 Å². The lowest BCUT2D eigenvalue weighted by atomic mass is 9.77. The first-order valence-corrected chi connectivity index (χ1v) is 10.9. The fourth-order valence-corrected chi connectivity index (χ4v) is 5.84. The number of ether oxygens (including phenoxy) is 1. The molecule has 3 fully saturated rings. The van der Waals surface area contributed by atoms with E-state index in [1.54, 1.807) is 17.5 Å². The summed E-state index contributed by atoms with van der Waals surface area (Å²) in [5.74, 6) is 0.884. The number of thiophene rings is 1. The topological polar surface area (TPSA) is 81.7 Å². The number of aromatic amines is 1. The number of carbonyl (C=O) groups excluding carboxylic acids is 1. The highest BCUT2D eigenvalue weighted by atomic mass is 32.1. The number of aliphatic hydroxyl groups is 1. The predicted molar refractivity (Wildman–Crippen MR) is 106 cm³/mol. The molecular formula is C20H26N4O3S. The number of likely N-dealkylation sites (tertiary alicyclic amines) is 1. The van der Waals surface area contributed by atoms with E-state index in [9.17, 15) is 9.90 Å². The van der Waals surface area contributed by atoms with Crippen molar-refractivity contribution in [1.29, 1.82) is 0 Å². The molecule has 8 heteroatoms. The minimum absolute atomic E-state index is 0.0453. The number of hydrogen-bond donors (Lipinski definition) is 2. The van der Waals surface area contributed by atoms with Crippen LogP contribution >= 0.6 is 11.3 Å². The molecular weight excluding hydrogens is 376 g/mol. The maximum absolute atomic E-state index is 13.2. The van der Waals surface area contributed by atoms with Crippen LogP contribution < -0.4 is 0 Å². The number of nitrogens with one attached hydrogen (secondary N) is 1. The minimum atomic E-state index is -0.315. The van der Waals surface area contributed by atoms with Crippen LogP contribution in [0.2, 0.25) is 0 Å². The third-order valence-corrected chi connectivity index (χ3v) is 7.44. The zero-order valence-corrected chi connectivity index (χ0v) is 16.6. The highest BCUT2D eigenvalue weighted by Gasteiger charge is 2.45. The third kappa shape index (κ3) is 3.28. The molecule has 5 rings (SSSR count). The second-order valence-corrected chi connectivity index (χ2v) is 9.07. The van der Waals surface area contributed by atoms with E-state index < -0.39 is 0 Å². The Bertz CT molecular complexity index is 817. The van der Waals surface area contributed by atoms with E-state index >= 15 is 0 Å². The summed E-state index contributed by atoms with van der Waals surface area (Å²) in [5.41, 5.74) is 1.45. The zero-order chi connectivity index (χ0) is 19.1. The van der Waals surface area contributed by atoms with E-state index in [2.05, 4.69) is 15.1 Å². The molecule has 1 saturated carbocycles. The minimum Gasteiger partial charge on any atom is -0.391 e. The number of carbonyl (C=O) groups is 1. The first-order chi connectivity index (χ1) is 13.7. The van der Waals surface area contributed by atoms with Gasteiger partial charge in [0.25, 0.3) is 5.91 Å². The number of fused-ring (bicyclic) bond motifs is 1. The smallest absolute Gasteiger partial charge is 0.257 e. The second-order valence-electron chi connectivity index (χ2n) is 8.12. The third-order valence-electron chi connectivity index (χ3n) is 6.55. The molecule has 150 valence electrons. The van der Waals surface area contributed by atoms with Gasteiger partial charge in [0.05, 0.1) is 41.6 Å². The molecule has 1 aliphatic carbocycles. The maximum Gasteiger partial charge on any atom is 0.257 e. The van der Waals surface area contributed by atoms with Crippen LogP contribution in [0.4, 0.5) is 0 Å². The van der Waals surface area contributed by atoms with E-state index in [-0.39, 0.29) is 18.1 Å². The Balaban J connectivity index is 1.30. The lowest BCUT2D eigenvalue weighted by Gasteiger charge is -2.43. The molecule has 2 aliphatic heterocycles. The van der Waals surface area contributed by atoms with Crippen molar-refractivity contribution in [2.45, 2.75) is 25.0 Å². The number of morpholine rings is 1.